The molecule has 0 heterocycles. The first kappa shape index (κ1) is 28.3. The van der Waals surface area contributed by atoms with Gasteiger partial charge in [-0.15, -0.1) is 0 Å². The molecule has 39 heavy (non-hydrogen) atoms. The van der Waals surface area contributed by atoms with Gasteiger partial charge in [0, 0.05) is 11.1 Å². The maximum Gasteiger partial charge on any atom is 0.201 e. The zero-order chi connectivity index (χ0) is 27.5. The van der Waals surface area contributed by atoms with E-state index in [-0.39, 0.29) is 29.2 Å². The highest BCUT2D eigenvalue weighted by molar-refractivity contribution is 5.67. The van der Waals surface area contributed by atoms with Gasteiger partial charge in [0.05, 0.1) is 13.2 Å². The summed E-state index contributed by atoms with van der Waals surface area (Å²) in [5, 5.41) is 0. The van der Waals surface area contributed by atoms with E-state index < -0.39 is 23.3 Å². The van der Waals surface area contributed by atoms with E-state index in [2.05, 4.69) is 6.92 Å². The number of halogens is 4. The SMILES string of the molecule is CCOc1ccc(-c2ccc(OCC3CCC4CC(C5CCC(CC)CC5)CCC4C3)c(F)c2F)c(F)c1F. The zero-order valence-electron chi connectivity index (χ0n) is 23.3. The first-order valence-corrected chi connectivity index (χ1v) is 15.1. The topological polar surface area (TPSA) is 18.5 Å². The summed E-state index contributed by atoms with van der Waals surface area (Å²) in [5.41, 5.74) is -0.703. The van der Waals surface area contributed by atoms with Gasteiger partial charge in [0.25, 0.3) is 0 Å². The van der Waals surface area contributed by atoms with Gasteiger partial charge in [-0.1, -0.05) is 26.2 Å². The summed E-state index contributed by atoms with van der Waals surface area (Å²) in [5.74, 6) is -0.780. The summed E-state index contributed by atoms with van der Waals surface area (Å²) in [4.78, 5) is 0. The molecule has 0 N–H and O–H groups in total. The molecule has 0 saturated heterocycles. The largest absolute Gasteiger partial charge is 0.491 e. The molecule has 0 radical (unpaired) electrons. The van der Waals surface area contributed by atoms with Gasteiger partial charge in [-0.3, -0.25) is 0 Å². The number of hydrogen-bond donors (Lipinski definition) is 0. The van der Waals surface area contributed by atoms with E-state index in [9.17, 15) is 17.6 Å². The fraction of sp³-hybridized carbons (Fsp3) is 0.636. The minimum atomic E-state index is -1.27. The Labute approximate surface area is 230 Å². The molecular weight excluding hydrogens is 504 g/mol. The quantitative estimate of drug-likeness (QED) is 0.307. The zero-order valence-corrected chi connectivity index (χ0v) is 23.3. The third kappa shape index (κ3) is 6.10. The van der Waals surface area contributed by atoms with Gasteiger partial charge in [-0.05, 0) is 118 Å². The molecule has 5 rings (SSSR count). The molecule has 0 aliphatic heterocycles. The Bertz CT molecular complexity index is 1130. The molecule has 6 heteroatoms. The van der Waals surface area contributed by atoms with Gasteiger partial charge in [0.1, 0.15) is 0 Å². The third-order valence-electron chi connectivity index (χ3n) is 10.1. The Morgan fingerprint density at radius 3 is 1.64 bits per heavy atom. The van der Waals surface area contributed by atoms with Crippen LogP contribution in [0.15, 0.2) is 24.3 Å². The average molecular weight is 547 g/mol. The molecular formula is C33H42F4O2. The molecule has 3 fully saturated rings. The number of fused-ring (bicyclic) bond motifs is 1. The molecule has 3 aliphatic carbocycles. The van der Waals surface area contributed by atoms with Crippen LogP contribution in [-0.2, 0) is 0 Å². The van der Waals surface area contributed by atoms with Gasteiger partial charge in [0.2, 0.25) is 11.6 Å². The monoisotopic (exact) mass is 546 g/mol. The van der Waals surface area contributed by atoms with Crippen molar-refractivity contribution in [2.75, 3.05) is 13.2 Å². The number of ether oxygens (including phenoxy) is 2. The van der Waals surface area contributed by atoms with E-state index in [0.717, 1.165) is 36.5 Å². The Hall–Kier alpha value is -2.24. The highest BCUT2D eigenvalue weighted by Gasteiger charge is 2.39. The lowest BCUT2D eigenvalue weighted by molar-refractivity contribution is 0.0481. The first-order valence-electron chi connectivity index (χ1n) is 15.1. The summed E-state index contributed by atoms with van der Waals surface area (Å²) < 4.78 is 69.6. The Kier molecular flexibility index (Phi) is 9.08. The third-order valence-corrected chi connectivity index (χ3v) is 10.1. The van der Waals surface area contributed by atoms with Gasteiger partial charge >= 0.3 is 0 Å². The summed E-state index contributed by atoms with van der Waals surface area (Å²) in [6.07, 6.45) is 14.3. The van der Waals surface area contributed by atoms with Crippen LogP contribution in [0.3, 0.4) is 0 Å². The molecule has 0 bridgehead atoms. The van der Waals surface area contributed by atoms with Crippen LogP contribution in [0.5, 0.6) is 11.5 Å². The fourth-order valence-corrected chi connectivity index (χ4v) is 7.74. The summed E-state index contributed by atoms with van der Waals surface area (Å²) in [7, 11) is 0. The molecule has 2 nitrogen and oxygen atoms in total. The lowest BCUT2D eigenvalue weighted by Gasteiger charge is -2.45. The van der Waals surface area contributed by atoms with E-state index in [1.807, 2.05) is 0 Å². The predicted molar refractivity (Wildman–Crippen MR) is 146 cm³/mol. The number of rotatable bonds is 8. The molecule has 2 aromatic carbocycles. The minimum absolute atomic E-state index is 0.160. The van der Waals surface area contributed by atoms with Crippen molar-refractivity contribution in [3.63, 3.8) is 0 Å². The van der Waals surface area contributed by atoms with Crippen molar-refractivity contribution in [3.05, 3.63) is 47.5 Å². The van der Waals surface area contributed by atoms with Crippen molar-refractivity contribution < 1.29 is 27.0 Å². The van der Waals surface area contributed by atoms with Crippen LogP contribution >= 0.6 is 0 Å². The van der Waals surface area contributed by atoms with Crippen molar-refractivity contribution in [3.8, 4) is 22.6 Å². The Morgan fingerprint density at radius 1 is 0.564 bits per heavy atom. The summed E-state index contributed by atoms with van der Waals surface area (Å²) >= 11 is 0. The molecule has 214 valence electrons. The van der Waals surface area contributed by atoms with Crippen molar-refractivity contribution in [1.82, 2.24) is 0 Å². The van der Waals surface area contributed by atoms with E-state index in [4.69, 9.17) is 9.47 Å². The van der Waals surface area contributed by atoms with Gasteiger partial charge in [0.15, 0.2) is 23.1 Å². The lowest BCUT2D eigenvalue weighted by atomic mass is 9.61. The number of benzene rings is 2. The molecule has 0 aromatic heterocycles. The van der Waals surface area contributed by atoms with Crippen LogP contribution in [0.4, 0.5) is 17.6 Å². The van der Waals surface area contributed by atoms with Crippen LogP contribution in [-0.4, -0.2) is 13.2 Å². The predicted octanol–water partition coefficient (Wildman–Crippen LogP) is 9.74. The maximum atomic E-state index is 15.0. The Morgan fingerprint density at radius 2 is 1.05 bits per heavy atom. The van der Waals surface area contributed by atoms with Crippen molar-refractivity contribution in [1.29, 1.82) is 0 Å². The van der Waals surface area contributed by atoms with Crippen molar-refractivity contribution >= 4 is 0 Å². The molecule has 0 amide bonds. The second kappa shape index (κ2) is 12.5. The normalized spacial score (nSPS) is 29.1. The average Bonchev–Trinajstić information content (AvgIpc) is 2.96. The van der Waals surface area contributed by atoms with Crippen LogP contribution in [0, 0.1) is 58.8 Å². The molecule has 0 spiro atoms. The number of hydrogen-bond acceptors (Lipinski definition) is 2. The minimum Gasteiger partial charge on any atom is -0.491 e. The van der Waals surface area contributed by atoms with Crippen molar-refractivity contribution in [2.45, 2.75) is 84.5 Å². The molecule has 4 unspecified atom stereocenters. The van der Waals surface area contributed by atoms with Crippen molar-refractivity contribution in [2.24, 2.45) is 35.5 Å². The second-order valence-electron chi connectivity index (χ2n) is 12.2. The van der Waals surface area contributed by atoms with E-state index >= 15 is 0 Å². The van der Waals surface area contributed by atoms with E-state index in [1.54, 1.807) is 6.92 Å². The molecule has 3 saturated carbocycles. The van der Waals surface area contributed by atoms with Crippen LogP contribution in [0.1, 0.15) is 84.5 Å². The smallest absolute Gasteiger partial charge is 0.201 e. The van der Waals surface area contributed by atoms with Gasteiger partial charge in [-0.25, -0.2) is 8.78 Å². The van der Waals surface area contributed by atoms with E-state index in [0.29, 0.717) is 18.4 Å². The molecule has 3 aliphatic rings. The first-order chi connectivity index (χ1) is 18.9. The lowest BCUT2D eigenvalue weighted by Crippen LogP contribution is -2.35. The molecule has 4 atom stereocenters. The van der Waals surface area contributed by atoms with Crippen LogP contribution in [0.2, 0.25) is 0 Å². The highest BCUT2D eigenvalue weighted by atomic mass is 19.2. The second-order valence-corrected chi connectivity index (χ2v) is 12.2. The summed E-state index contributed by atoms with van der Waals surface area (Å²) in [6, 6.07) is 4.98. The fourth-order valence-electron chi connectivity index (χ4n) is 7.74. The highest BCUT2D eigenvalue weighted by Crippen LogP contribution is 2.49. The summed E-state index contributed by atoms with van der Waals surface area (Å²) in [6.45, 7) is 4.47. The van der Waals surface area contributed by atoms with Gasteiger partial charge < -0.3 is 9.47 Å². The van der Waals surface area contributed by atoms with E-state index in [1.165, 1.54) is 82.1 Å². The van der Waals surface area contributed by atoms with Gasteiger partial charge in [-0.2, -0.15) is 8.78 Å². The maximum absolute atomic E-state index is 15.0. The standard InChI is InChI=1S/C33H42F4O2/c1-3-20-5-8-22(9-6-20)24-12-11-23-17-21(7-10-25(23)18-24)19-39-29-16-14-27(31(35)33(29)37)26-13-15-28(38-4-2)32(36)30(26)34/h13-16,20-25H,3-12,17-19H2,1-2H3. The Balaban J connectivity index is 1.16. The molecule has 2 aromatic rings. The van der Waals surface area contributed by atoms with Crippen LogP contribution < -0.4 is 9.47 Å². The van der Waals surface area contributed by atoms with Crippen LogP contribution in [0.25, 0.3) is 11.1 Å².